The van der Waals surface area contributed by atoms with Crippen LogP contribution >= 0.6 is 0 Å². The van der Waals surface area contributed by atoms with Gasteiger partial charge in [-0.1, -0.05) is 12.1 Å². The molecule has 2 aliphatic heterocycles. The van der Waals surface area contributed by atoms with E-state index in [4.69, 9.17) is 10.4 Å². The molecule has 14 nitrogen and oxygen atoms in total. The minimum atomic E-state index is -2.27. The summed E-state index contributed by atoms with van der Waals surface area (Å²) in [7, 11) is -1.86. The van der Waals surface area contributed by atoms with Crippen LogP contribution in [0.4, 0.5) is 18.0 Å². The summed E-state index contributed by atoms with van der Waals surface area (Å²) in [6.45, 7) is -0.369. The SMILES string of the molecule is NC1(CN2CCN(C(=O)NC(C(=O)NC3Cc4cccc(C(=O)O)c4OB3O)c3cc(F)c(O)c(F)c3F)C(=O)C2=O)CC1. The molecule has 2 atom stereocenters. The zero-order chi connectivity index (χ0) is 32.1. The number of halogens is 3. The van der Waals surface area contributed by atoms with Gasteiger partial charge in [-0.15, -0.1) is 0 Å². The number of nitrogens with two attached hydrogens (primary N) is 1. The normalized spacial score (nSPS) is 19.6. The van der Waals surface area contributed by atoms with Crippen molar-refractivity contribution in [1.29, 1.82) is 0 Å². The lowest BCUT2D eigenvalue weighted by atomic mass is 9.72. The second kappa shape index (κ2) is 11.3. The average Bonchev–Trinajstić information content (AvgIpc) is 3.71. The van der Waals surface area contributed by atoms with Crippen LogP contribution in [0.3, 0.4) is 0 Å². The third-order valence-corrected chi connectivity index (χ3v) is 7.63. The van der Waals surface area contributed by atoms with Crippen LogP contribution in [0.1, 0.15) is 40.4 Å². The Morgan fingerprint density at radius 2 is 1.84 bits per heavy atom. The maximum Gasteiger partial charge on any atom is 0.547 e. The molecule has 5 rings (SSSR count). The minimum Gasteiger partial charge on any atom is -0.534 e. The Morgan fingerprint density at radius 3 is 2.50 bits per heavy atom. The molecule has 18 heteroatoms. The highest BCUT2D eigenvalue weighted by atomic mass is 19.2. The molecule has 3 aliphatic rings. The third-order valence-electron chi connectivity index (χ3n) is 7.63. The summed E-state index contributed by atoms with van der Waals surface area (Å²) < 4.78 is 48.8. The Hall–Kier alpha value is -4.84. The second-order valence-corrected chi connectivity index (χ2v) is 10.8. The second-order valence-electron chi connectivity index (χ2n) is 10.8. The van der Waals surface area contributed by atoms with E-state index in [0.29, 0.717) is 17.7 Å². The highest BCUT2D eigenvalue weighted by molar-refractivity contribution is 6.47. The number of hydrogen-bond acceptors (Lipinski definition) is 9. The molecule has 0 bridgehead atoms. The van der Waals surface area contributed by atoms with E-state index in [9.17, 15) is 52.4 Å². The van der Waals surface area contributed by atoms with Gasteiger partial charge in [0.25, 0.3) is 0 Å². The Balaban J connectivity index is 1.39. The van der Waals surface area contributed by atoms with Crippen LogP contribution in [0.25, 0.3) is 0 Å². The van der Waals surface area contributed by atoms with E-state index in [2.05, 4.69) is 5.32 Å². The molecule has 0 aromatic heterocycles. The summed E-state index contributed by atoms with van der Waals surface area (Å²) in [6, 6.07) is 0.656. The predicted octanol–water partition coefficient (Wildman–Crippen LogP) is -0.440. The molecule has 0 radical (unpaired) electrons. The van der Waals surface area contributed by atoms with E-state index in [1.807, 2.05) is 5.32 Å². The number of fused-ring (bicyclic) bond motifs is 1. The summed E-state index contributed by atoms with van der Waals surface area (Å²) >= 11 is 0. The number of hydrogen-bond donors (Lipinski definition) is 6. The highest BCUT2D eigenvalue weighted by Gasteiger charge is 2.46. The molecule has 2 heterocycles. The van der Waals surface area contributed by atoms with Crippen LogP contribution in [0.5, 0.6) is 11.5 Å². The van der Waals surface area contributed by atoms with Crippen molar-refractivity contribution in [3.8, 4) is 11.5 Å². The lowest BCUT2D eigenvalue weighted by Crippen LogP contribution is -2.61. The molecular formula is C26H25BF3N5O9. The minimum absolute atomic E-state index is 0.0816. The lowest BCUT2D eigenvalue weighted by Gasteiger charge is -2.35. The number of imide groups is 1. The van der Waals surface area contributed by atoms with Crippen molar-refractivity contribution in [2.45, 2.75) is 36.8 Å². The van der Waals surface area contributed by atoms with Crippen molar-refractivity contribution in [2.75, 3.05) is 19.6 Å². The number of carbonyl (C=O) groups is 5. The average molecular weight is 619 g/mol. The Kier molecular flexibility index (Phi) is 7.89. The number of urea groups is 1. The van der Waals surface area contributed by atoms with E-state index in [0.717, 1.165) is 0 Å². The van der Waals surface area contributed by atoms with E-state index in [1.54, 1.807) is 0 Å². The van der Waals surface area contributed by atoms with Gasteiger partial charge in [0.2, 0.25) is 11.7 Å². The van der Waals surface area contributed by atoms with Crippen LogP contribution in [0.15, 0.2) is 24.3 Å². The first kappa shape index (κ1) is 30.6. The van der Waals surface area contributed by atoms with Gasteiger partial charge in [-0.3, -0.25) is 19.3 Å². The van der Waals surface area contributed by atoms with Gasteiger partial charge in [0.15, 0.2) is 17.4 Å². The maximum atomic E-state index is 15.0. The predicted molar refractivity (Wildman–Crippen MR) is 141 cm³/mol. The lowest BCUT2D eigenvalue weighted by molar-refractivity contribution is -0.154. The number of para-hydroxylation sites is 1. The summed E-state index contributed by atoms with van der Waals surface area (Å²) in [6.07, 6.45) is 1.07. The van der Waals surface area contributed by atoms with Crippen molar-refractivity contribution in [2.24, 2.45) is 5.73 Å². The molecule has 232 valence electrons. The van der Waals surface area contributed by atoms with Crippen LogP contribution in [0, 0.1) is 17.5 Å². The number of aromatic carboxylic acids is 1. The van der Waals surface area contributed by atoms with Crippen molar-refractivity contribution in [1.82, 2.24) is 20.4 Å². The number of carbonyl (C=O) groups excluding carboxylic acids is 4. The van der Waals surface area contributed by atoms with Gasteiger partial charge in [-0.25, -0.2) is 18.4 Å². The van der Waals surface area contributed by atoms with Gasteiger partial charge in [0, 0.05) is 30.7 Å². The fraction of sp³-hybridized carbons (Fsp3) is 0.346. The smallest absolute Gasteiger partial charge is 0.534 e. The first-order chi connectivity index (χ1) is 20.7. The van der Waals surface area contributed by atoms with Crippen molar-refractivity contribution < 1.29 is 57.0 Å². The van der Waals surface area contributed by atoms with Gasteiger partial charge in [-0.05, 0) is 37.0 Å². The quantitative estimate of drug-likeness (QED) is 0.134. The van der Waals surface area contributed by atoms with Crippen LogP contribution in [0.2, 0.25) is 0 Å². The van der Waals surface area contributed by atoms with Gasteiger partial charge in [0.1, 0.15) is 11.8 Å². The molecule has 1 saturated carbocycles. The maximum absolute atomic E-state index is 15.0. The number of carboxylic acids is 1. The largest absolute Gasteiger partial charge is 0.547 e. The number of phenolic OH excluding ortho intramolecular Hbond substituents is 1. The van der Waals surface area contributed by atoms with Crippen LogP contribution in [-0.4, -0.2) is 93.0 Å². The molecule has 5 amide bonds. The summed E-state index contributed by atoms with van der Waals surface area (Å²) in [5.74, 6) is -13.9. The zero-order valence-electron chi connectivity index (χ0n) is 22.7. The van der Waals surface area contributed by atoms with Crippen molar-refractivity contribution in [3.05, 3.63) is 58.4 Å². The van der Waals surface area contributed by atoms with Gasteiger partial charge in [0.05, 0.1) is 11.5 Å². The molecule has 2 unspecified atom stereocenters. The number of nitrogens with zero attached hydrogens (tertiary/aromatic N) is 2. The summed E-state index contributed by atoms with van der Waals surface area (Å²) in [4.78, 5) is 65.1. The van der Waals surface area contributed by atoms with Gasteiger partial charge < -0.3 is 41.2 Å². The van der Waals surface area contributed by atoms with Crippen LogP contribution in [-0.2, 0) is 20.8 Å². The molecule has 1 saturated heterocycles. The fourth-order valence-corrected chi connectivity index (χ4v) is 5.00. The number of phenols is 1. The number of benzene rings is 2. The van der Waals surface area contributed by atoms with E-state index in [1.165, 1.54) is 23.1 Å². The fourth-order valence-electron chi connectivity index (χ4n) is 5.00. The topological polar surface area (TPSA) is 212 Å². The van der Waals surface area contributed by atoms with Gasteiger partial charge in [-0.2, -0.15) is 4.39 Å². The van der Waals surface area contributed by atoms with Gasteiger partial charge >= 0.3 is 30.9 Å². The monoisotopic (exact) mass is 619 g/mol. The first-order valence-electron chi connectivity index (χ1n) is 13.3. The number of nitrogens with one attached hydrogen (secondary N) is 2. The molecule has 2 fully saturated rings. The highest BCUT2D eigenvalue weighted by Crippen LogP contribution is 2.34. The van der Waals surface area contributed by atoms with E-state index in [-0.39, 0.29) is 49.0 Å². The van der Waals surface area contributed by atoms with E-state index >= 15 is 0 Å². The van der Waals surface area contributed by atoms with Crippen molar-refractivity contribution >= 4 is 36.8 Å². The summed E-state index contributed by atoms with van der Waals surface area (Å²) in [5, 5.41) is 33.6. The number of carboxylic acid groups (broad SMARTS) is 1. The molecule has 0 spiro atoms. The number of amides is 5. The first-order valence-corrected chi connectivity index (χ1v) is 13.3. The molecule has 7 N–H and O–H groups in total. The number of rotatable bonds is 7. The van der Waals surface area contributed by atoms with Crippen molar-refractivity contribution in [3.63, 3.8) is 0 Å². The number of aromatic hydroxyl groups is 1. The Labute approximate surface area is 246 Å². The summed E-state index contributed by atoms with van der Waals surface area (Å²) in [5.41, 5.74) is 4.27. The molecule has 2 aromatic carbocycles. The Bertz CT molecular complexity index is 1590. The Morgan fingerprint density at radius 1 is 1.14 bits per heavy atom. The van der Waals surface area contributed by atoms with Crippen LogP contribution < -0.4 is 21.0 Å². The third kappa shape index (κ3) is 5.72. The number of piperazine rings is 1. The van der Waals surface area contributed by atoms with E-state index < -0.39 is 83.1 Å². The molecular weight excluding hydrogens is 594 g/mol. The molecule has 44 heavy (non-hydrogen) atoms. The zero-order valence-corrected chi connectivity index (χ0v) is 22.7. The standard InChI is InChI=1S/C26H25BF3N5O9/c28-14-9-13(16(29)17(30)19(14)36)18(33-25(42)35-7-6-34(22(38)23(35)39)10-26(31)4-5-26)21(37)32-15-8-11-2-1-3-12(24(40)41)20(11)44-27(15)43/h1-3,9,15,18,36,43H,4-8,10,31H2,(H,32,37)(H,33,42)(H,40,41). The molecule has 2 aromatic rings. The molecule has 1 aliphatic carbocycles.